The van der Waals surface area contributed by atoms with Crippen molar-refractivity contribution in [3.8, 4) is 17.2 Å². The Morgan fingerprint density at radius 1 is 0.919 bits per heavy atom. The van der Waals surface area contributed by atoms with E-state index in [0.29, 0.717) is 38.6 Å². The molecule has 1 aromatic heterocycles. The van der Waals surface area contributed by atoms with E-state index in [0.717, 1.165) is 16.3 Å². The van der Waals surface area contributed by atoms with Crippen molar-refractivity contribution in [3.05, 3.63) is 77.1 Å². The number of ether oxygens (including phenoxy) is 4. The van der Waals surface area contributed by atoms with Crippen molar-refractivity contribution in [1.29, 1.82) is 0 Å². The van der Waals surface area contributed by atoms with E-state index in [9.17, 15) is 14.0 Å². The number of thiazole rings is 1. The Balaban J connectivity index is 1.77. The van der Waals surface area contributed by atoms with Crippen LogP contribution in [0.25, 0.3) is 10.2 Å². The zero-order valence-electron chi connectivity index (χ0n) is 20.4. The second-order valence-electron chi connectivity index (χ2n) is 7.50. The van der Waals surface area contributed by atoms with Crippen LogP contribution in [0, 0.1) is 5.82 Å². The Hall–Kier alpha value is -4.51. The lowest BCUT2D eigenvalue weighted by Crippen LogP contribution is -2.25. The maximum Gasteiger partial charge on any atom is 0.337 e. The minimum absolute atomic E-state index is 0.228. The summed E-state index contributed by atoms with van der Waals surface area (Å²) in [5, 5.41) is 5.75. The number of rotatable bonds is 8. The summed E-state index contributed by atoms with van der Waals surface area (Å²) < 4.78 is 35.2. The van der Waals surface area contributed by atoms with Gasteiger partial charge in [-0.1, -0.05) is 11.3 Å². The molecule has 0 fully saturated rings. The van der Waals surface area contributed by atoms with Crippen LogP contribution in [-0.4, -0.2) is 51.5 Å². The second-order valence-corrected chi connectivity index (χ2v) is 8.51. The van der Waals surface area contributed by atoms with Crippen molar-refractivity contribution >= 4 is 44.8 Å². The van der Waals surface area contributed by atoms with E-state index in [1.54, 1.807) is 12.1 Å². The average molecular weight is 524 g/mol. The normalized spacial score (nSPS) is 10.9. The summed E-state index contributed by atoms with van der Waals surface area (Å²) in [6, 6.07) is 13.4. The van der Waals surface area contributed by atoms with Crippen molar-refractivity contribution in [3.63, 3.8) is 0 Å². The third-order valence-corrected chi connectivity index (χ3v) is 6.27. The van der Waals surface area contributed by atoms with Crippen LogP contribution in [0.15, 0.2) is 59.7 Å². The molecule has 0 aliphatic rings. The number of carbonyl (C=O) groups is 2. The van der Waals surface area contributed by atoms with E-state index in [1.807, 2.05) is 0 Å². The van der Waals surface area contributed by atoms with Gasteiger partial charge in [-0.25, -0.2) is 14.2 Å². The molecule has 1 heterocycles. The first-order valence-electron chi connectivity index (χ1n) is 10.8. The van der Waals surface area contributed by atoms with Crippen LogP contribution in [0.3, 0.4) is 0 Å². The van der Waals surface area contributed by atoms with Crippen LogP contribution in [0.2, 0.25) is 0 Å². The predicted octanol–water partition coefficient (Wildman–Crippen LogP) is 4.93. The molecule has 0 saturated carbocycles. The van der Waals surface area contributed by atoms with Crippen LogP contribution in [-0.2, 0) is 4.74 Å². The summed E-state index contributed by atoms with van der Waals surface area (Å²) in [6.45, 7) is 0. The molecule has 3 aromatic carbocycles. The molecule has 0 radical (unpaired) electrons. The summed E-state index contributed by atoms with van der Waals surface area (Å²) in [5.41, 5.74) is 1.62. The van der Waals surface area contributed by atoms with Crippen LogP contribution < -0.4 is 19.2 Å². The van der Waals surface area contributed by atoms with E-state index < -0.39 is 17.7 Å². The number of aromatic nitrogens is 1. The maximum atomic E-state index is 13.8. The molecule has 1 amide bonds. The number of carbonyl (C=O) groups excluding carboxylic acids is 2. The molecule has 0 atom stereocenters. The van der Waals surface area contributed by atoms with Crippen molar-refractivity contribution in [2.45, 2.75) is 0 Å². The highest BCUT2D eigenvalue weighted by molar-refractivity contribution is 7.22. The second kappa shape index (κ2) is 11.0. The van der Waals surface area contributed by atoms with Crippen molar-refractivity contribution in [1.82, 2.24) is 4.98 Å². The highest BCUT2D eigenvalue weighted by atomic mass is 32.1. The van der Waals surface area contributed by atoms with E-state index in [1.165, 1.54) is 77.1 Å². The fourth-order valence-electron chi connectivity index (χ4n) is 3.45. The summed E-state index contributed by atoms with van der Waals surface area (Å²) in [4.78, 5) is 29.8. The van der Waals surface area contributed by atoms with Gasteiger partial charge in [0.05, 0.1) is 50.4 Å². The third kappa shape index (κ3) is 5.36. The Bertz CT molecular complexity index is 1460. The highest BCUT2D eigenvalue weighted by Gasteiger charge is 2.22. The van der Waals surface area contributed by atoms with Gasteiger partial charge in [-0.2, -0.15) is 10.1 Å². The molecular formula is C26H22FN3O6S. The fourth-order valence-corrected chi connectivity index (χ4v) is 4.40. The number of hydrogen-bond acceptors (Lipinski definition) is 9. The molecule has 0 aliphatic carbocycles. The molecule has 4 rings (SSSR count). The fraction of sp³-hybridized carbons (Fsp3) is 0.154. The van der Waals surface area contributed by atoms with Crippen molar-refractivity contribution in [2.24, 2.45) is 5.10 Å². The maximum absolute atomic E-state index is 13.8. The van der Waals surface area contributed by atoms with E-state index in [4.69, 9.17) is 18.9 Å². The number of anilines is 1. The lowest BCUT2D eigenvalue weighted by atomic mass is 10.1. The van der Waals surface area contributed by atoms with Crippen molar-refractivity contribution < 1.29 is 32.9 Å². The lowest BCUT2D eigenvalue weighted by molar-refractivity contribution is 0.0600. The molecule has 9 nitrogen and oxygen atoms in total. The highest BCUT2D eigenvalue weighted by Crippen LogP contribution is 2.38. The first-order valence-corrected chi connectivity index (χ1v) is 11.6. The van der Waals surface area contributed by atoms with Gasteiger partial charge in [0.15, 0.2) is 11.5 Å². The standard InChI is InChI=1S/C26H22FN3O6S/c1-33-20-11-15(12-21(34-2)23(20)35-3)14-28-30(26-29-19-10-9-18(27)13-22(19)37-26)24(31)16-5-7-17(8-6-16)25(32)36-4/h5-14H,1-4H3/b28-14-. The molecular weight excluding hydrogens is 501 g/mol. The quantitative estimate of drug-likeness (QED) is 0.183. The van der Waals surface area contributed by atoms with Crippen LogP contribution >= 0.6 is 11.3 Å². The number of methoxy groups -OCH3 is 4. The number of nitrogens with zero attached hydrogens (tertiary/aromatic N) is 3. The zero-order chi connectivity index (χ0) is 26.5. The Kier molecular flexibility index (Phi) is 7.63. The minimum atomic E-state index is -0.524. The lowest BCUT2D eigenvalue weighted by Gasteiger charge is -2.15. The average Bonchev–Trinajstić information content (AvgIpc) is 3.34. The monoisotopic (exact) mass is 523 g/mol. The molecule has 37 heavy (non-hydrogen) atoms. The van der Waals surface area contributed by atoms with Gasteiger partial charge in [-0.05, 0) is 54.6 Å². The van der Waals surface area contributed by atoms with Crippen LogP contribution in [0.1, 0.15) is 26.3 Å². The van der Waals surface area contributed by atoms with Gasteiger partial charge in [-0.15, -0.1) is 0 Å². The molecule has 190 valence electrons. The molecule has 0 spiro atoms. The molecule has 0 unspecified atom stereocenters. The Labute approximate surface area is 215 Å². The van der Waals surface area contributed by atoms with Gasteiger partial charge in [0.25, 0.3) is 5.91 Å². The third-order valence-electron chi connectivity index (χ3n) is 5.28. The Morgan fingerprint density at radius 2 is 1.57 bits per heavy atom. The smallest absolute Gasteiger partial charge is 0.337 e. The number of halogens is 1. The number of hydrazone groups is 1. The van der Waals surface area contributed by atoms with Gasteiger partial charge in [0.2, 0.25) is 10.9 Å². The van der Waals surface area contributed by atoms with Crippen LogP contribution in [0.4, 0.5) is 9.52 Å². The summed E-state index contributed by atoms with van der Waals surface area (Å²) in [7, 11) is 5.76. The molecule has 4 aromatic rings. The first-order chi connectivity index (χ1) is 17.9. The first kappa shape index (κ1) is 25.6. The number of fused-ring (bicyclic) bond motifs is 1. The number of amides is 1. The van der Waals surface area contributed by atoms with E-state index in [-0.39, 0.29) is 10.7 Å². The van der Waals surface area contributed by atoms with E-state index in [2.05, 4.69) is 10.1 Å². The molecule has 0 saturated heterocycles. The SMILES string of the molecule is COC(=O)c1ccc(C(=O)N(/N=C\c2cc(OC)c(OC)c(OC)c2)c2nc3ccc(F)cc3s2)cc1. The largest absolute Gasteiger partial charge is 0.493 e. The topological polar surface area (TPSA) is 99.6 Å². The summed E-state index contributed by atoms with van der Waals surface area (Å²) in [6.07, 6.45) is 1.44. The zero-order valence-corrected chi connectivity index (χ0v) is 21.2. The molecule has 0 aliphatic heterocycles. The van der Waals surface area contributed by atoms with Gasteiger partial charge in [0, 0.05) is 11.1 Å². The minimum Gasteiger partial charge on any atom is -0.493 e. The van der Waals surface area contributed by atoms with E-state index >= 15 is 0 Å². The summed E-state index contributed by atoms with van der Waals surface area (Å²) >= 11 is 1.11. The van der Waals surface area contributed by atoms with Gasteiger partial charge in [0.1, 0.15) is 5.82 Å². The predicted molar refractivity (Wildman–Crippen MR) is 138 cm³/mol. The molecule has 0 bridgehead atoms. The van der Waals surface area contributed by atoms with Crippen molar-refractivity contribution in [2.75, 3.05) is 33.4 Å². The number of hydrogen-bond donors (Lipinski definition) is 0. The van der Waals surface area contributed by atoms with Gasteiger partial charge >= 0.3 is 5.97 Å². The Morgan fingerprint density at radius 3 is 2.16 bits per heavy atom. The van der Waals surface area contributed by atoms with Crippen LogP contribution in [0.5, 0.6) is 17.2 Å². The number of esters is 1. The van der Waals surface area contributed by atoms with Gasteiger partial charge in [-0.3, -0.25) is 4.79 Å². The summed E-state index contributed by atoms with van der Waals surface area (Å²) in [5.74, 6) is -0.219. The number of benzene rings is 3. The van der Waals surface area contributed by atoms with Gasteiger partial charge < -0.3 is 18.9 Å². The molecule has 11 heteroatoms. The molecule has 0 N–H and O–H groups in total.